The van der Waals surface area contributed by atoms with Crippen LogP contribution in [0.1, 0.15) is 22.3 Å². The first-order valence-corrected chi connectivity index (χ1v) is 6.12. The van der Waals surface area contributed by atoms with Gasteiger partial charge in [-0.05, 0) is 51.0 Å². The molecule has 0 heterocycles. The summed E-state index contributed by atoms with van der Waals surface area (Å²) in [6.07, 6.45) is 0. The van der Waals surface area contributed by atoms with E-state index in [9.17, 15) is 0 Å². The highest BCUT2D eigenvalue weighted by Crippen LogP contribution is 2.12. The SMILES string of the molecule is Cc1cc(C)cc(Cl)c1.Cc1cccc(C)c1. The molecule has 0 aliphatic carbocycles. The van der Waals surface area contributed by atoms with Gasteiger partial charge in [0, 0.05) is 5.02 Å². The molecule has 2 rings (SSSR count). The van der Waals surface area contributed by atoms with Crippen LogP contribution in [0.4, 0.5) is 0 Å². The third kappa shape index (κ3) is 5.55. The summed E-state index contributed by atoms with van der Waals surface area (Å²) in [5.41, 5.74) is 5.12. The third-order valence-electron chi connectivity index (χ3n) is 2.36. The average molecular weight is 247 g/mol. The van der Waals surface area contributed by atoms with E-state index in [0.29, 0.717) is 0 Å². The van der Waals surface area contributed by atoms with Gasteiger partial charge in [0.05, 0.1) is 0 Å². The van der Waals surface area contributed by atoms with Gasteiger partial charge in [0.2, 0.25) is 0 Å². The summed E-state index contributed by atoms with van der Waals surface area (Å²) in [7, 11) is 0. The van der Waals surface area contributed by atoms with Crippen LogP contribution in [0.15, 0.2) is 42.5 Å². The molecule has 0 fully saturated rings. The molecular weight excluding hydrogens is 228 g/mol. The Kier molecular flexibility index (Phi) is 5.24. The van der Waals surface area contributed by atoms with Crippen LogP contribution in [0.5, 0.6) is 0 Å². The van der Waals surface area contributed by atoms with Gasteiger partial charge in [-0.2, -0.15) is 0 Å². The van der Waals surface area contributed by atoms with Crippen molar-refractivity contribution in [3.8, 4) is 0 Å². The van der Waals surface area contributed by atoms with Crippen LogP contribution in [0.25, 0.3) is 0 Å². The maximum atomic E-state index is 5.75. The molecule has 0 aliphatic heterocycles. The monoisotopic (exact) mass is 246 g/mol. The molecular formula is C16H19Cl. The van der Waals surface area contributed by atoms with Crippen molar-refractivity contribution < 1.29 is 0 Å². The molecule has 2 aromatic carbocycles. The van der Waals surface area contributed by atoms with Gasteiger partial charge in [-0.3, -0.25) is 0 Å². The maximum Gasteiger partial charge on any atom is 0.0411 e. The van der Waals surface area contributed by atoms with Crippen molar-refractivity contribution in [2.75, 3.05) is 0 Å². The lowest BCUT2D eigenvalue weighted by molar-refractivity contribution is 1.39. The van der Waals surface area contributed by atoms with E-state index < -0.39 is 0 Å². The average Bonchev–Trinajstić information content (AvgIpc) is 2.15. The van der Waals surface area contributed by atoms with Crippen LogP contribution in [0.3, 0.4) is 0 Å². The number of hydrogen-bond donors (Lipinski definition) is 0. The fourth-order valence-corrected chi connectivity index (χ4v) is 2.07. The fourth-order valence-electron chi connectivity index (χ4n) is 1.73. The molecule has 0 spiro atoms. The number of hydrogen-bond acceptors (Lipinski definition) is 0. The van der Waals surface area contributed by atoms with Crippen molar-refractivity contribution >= 4 is 11.6 Å². The predicted molar refractivity (Wildman–Crippen MR) is 76.8 cm³/mol. The predicted octanol–water partition coefficient (Wildman–Crippen LogP) is 5.26. The fraction of sp³-hybridized carbons (Fsp3) is 0.250. The van der Waals surface area contributed by atoms with Gasteiger partial charge in [-0.15, -0.1) is 0 Å². The van der Waals surface area contributed by atoms with Crippen molar-refractivity contribution in [2.24, 2.45) is 0 Å². The Morgan fingerprint density at radius 3 is 1.35 bits per heavy atom. The topological polar surface area (TPSA) is 0 Å². The number of aryl methyl sites for hydroxylation is 4. The maximum absolute atomic E-state index is 5.75. The molecule has 0 unspecified atom stereocenters. The first-order valence-electron chi connectivity index (χ1n) is 5.74. The van der Waals surface area contributed by atoms with E-state index in [4.69, 9.17) is 11.6 Å². The molecule has 0 saturated carbocycles. The van der Waals surface area contributed by atoms with E-state index in [1.54, 1.807) is 0 Å². The minimum atomic E-state index is 0.826. The zero-order valence-corrected chi connectivity index (χ0v) is 11.7. The highest BCUT2D eigenvalue weighted by atomic mass is 35.5. The Bertz CT molecular complexity index is 419. The first-order chi connectivity index (χ1) is 7.97. The van der Waals surface area contributed by atoms with Crippen molar-refractivity contribution in [1.29, 1.82) is 0 Å². The van der Waals surface area contributed by atoms with Crippen LogP contribution in [-0.2, 0) is 0 Å². The van der Waals surface area contributed by atoms with E-state index in [-0.39, 0.29) is 0 Å². The number of rotatable bonds is 0. The second-order valence-corrected chi connectivity index (χ2v) is 4.90. The molecule has 0 N–H and O–H groups in total. The summed E-state index contributed by atoms with van der Waals surface area (Å²) in [5, 5.41) is 0.826. The lowest BCUT2D eigenvalue weighted by Crippen LogP contribution is -1.74. The highest BCUT2D eigenvalue weighted by Gasteiger charge is 1.89. The third-order valence-corrected chi connectivity index (χ3v) is 2.58. The van der Waals surface area contributed by atoms with Gasteiger partial charge < -0.3 is 0 Å². The zero-order chi connectivity index (χ0) is 12.8. The second-order valence-electron chi connectivity index (χ2n) is 4.46. The number of benzene rings is 2. The van der Waals surface area contributed by atoms with Gasteiger partial charge in [0.15, 0.2) is 0 Å². The van der Waals surface area contributed by atoms with E-state index in [2.05, 4.69) is 44.2 Å². The number of halogens is 1. The van der Waals surface area contributed by atoms with Gasteiger partial charge in [-0.1, -0.05) is 53.1 Å². The summed E-state index contributed by atoms with van der Waals surface area (Å²) >= 11 is 5.75. The first kappa shape index (κ1) is 13.8. The molecule has 0 radical (unpaired) electrons. The Morgan fingerprint density at radius 1 is 0.647 bits per heavy atom. The highest BCUT2D eigenvalue weighted by molar-refractivity contribution is 6.30. The summed E-state index contributed by atoms with van der Waals surface area (Å²) in [6.45, 7) is 8.29. The van der Waals surface area contributed by atoms with Gasteiger partial charge in [0.25, 0.3) is 0 Å². The van der Waals surface area contributed by atoms with Crippen LogP contribution in [-0.4, -0.2) is 0 Å². The second kappa shape index (κ2) is 6.46. The van der Waals surface area contributed by atoms with Gasteiger partial charge >= 0.3 is 0 Å². The molecule has 0 atom stereocenters. The zero-order valence-electron chi connectivity index (χ0n) is 10.9. The summed E-state index contributed by atoms with van der Waals surface area (Å²) in [5.74, 6) is 0. The van der Waals surface area contributed by atoms with Gasteiger partial charge in [0.1, 0.15) is 0 Å². The van der Waals surface area contributed by atoms with E-state index in [1.807, 2.05) is 26.0 Å². The van der Waals surface area contributed by atoms with Gasteiger partial charge in [-0.25, -0.2) is 0 Å². The van der Waals surface area contributed by atoms with Crippen molar-refractivity contribution in [1.82, 2.24) is 0 Å². The Balaban J connectivity index is 0.000000171. The summed E-state index contributed by atoms with van der Waals surface area (Å²) < 4.78 is 0. The molecule has 1 heteroatoms. The molecule has 0 aliphatic rings. The van der Waals surface area contributed by atoms with Crippen molar-refractivity contribution in [2.45, 2.75) is 27.7 Å². The molecule has 2 aromatic rings. The van der Waals surface area contributed by atoms with E-state index in [0.717, 1.165) is 5.02 Å². The standard InChI is InChI=1S/C8H9Cl.C8H10/c1-6-3-7(2)5-8(9)4-6;1-7-4-3-5-8(2)6-7/h3-5H,1-2H3;3-6H,1-2H3. The molecule has 0 saturated heterocycles. The normalized spacial score (nSPS) is 9.47. The molecule has 0 nitrogen and oxygen atoms in total. The van der Waals surface area contributed by atoms with Crippen molar-refractivity contribution in [3.05, 3.63) is 69.7 Å². The smallest absolute Gasteiger partial charge is 0.0411 e. The molecule has 17 heavy (non-hydrogen) atoms. The minimum Gasteiger partial charge on any atom is -0.0843 e. The van der Waals surface area contributed by atoms with E-state index >= 15 is 0 Å². The largest absolute Gasteiger partial charge is 0.0843 e. The van der Waals surface area contributed by atoms with Crippen molar-refractivity contribution in [3.63, 3.8) is 0 Å². The Morgan fingerprint density at radius 2 is 1.06 bits per heavy atom. The summed E-state index contributed by atoms with van der Waals surface area (Å²) in [6, 6.07) is 14.5. The Labute approximate surface area is 109 Å². The minimum absolute atomic E-state index is 0.826. The van der Waals surface area contributed by atoms with E-state index in [1.165, 1.54) is 22.3 Å². The quantitative estimate of drug-likeness (QED) is 0.595. The van der Waals surface area contributed by atoms with Crippen LogP contribution in [0.2, 0.25) is 5.02 Å². The lowest BCUT2D eigenvalue weighted by atomic mass is 10.2. The molecule has 0 amide bonds. The molecule has 0 aromatic heterocycles. The lowest BCUT2D eigenvalue weighted by Gasteiger charge is -1.95. The van der Waals surface area contributed by atoms with Crippen LogP contribution < -0.4 is 0 Å². The van der Waals surface area contributed by atoms with Crippen LogP contribution >= 0.6 is 11.6 Å². The Hall–Kier alpha value is -1.27. The summed E-state index contributed by atoms with van der Waals surface area (Å²) in [4.78, 5) is 0. The molecule has 0 bridgehead atoms. The molecule has 90 valence electrons. The van der Waals surface area contributed by atoms with Crippen LogP contribution in [0, 0.1) is 27.7 Å².